The van der Waals surface area contributed by atoms with Gasteiger partial charge in [0, 0.05) is 12.0 Å². The van der Waals surface area contributed by atoms with Gasteiger partial charge in [-0.1, -0.05) is 91.0 Å². The molecule has 34 heavy (non-hydrogen) atoms. The number of ether oxygens (including phenoxy) is 1. The molecule has 5 nitrogen and oxygen atoms in total. The van der Waals surface area contributed by atoms with Crippen molar-refractivity contribution >= 4 is 22.7 Å². The van der Waals surface area contributed by atoms with Gasteiger partial charge in [-0.2, -0.15) is 0 Å². The number of rotatable bonds is 7. The van der Waals surface area contributed by atoms with E-state index < -0.39 is 23.9 Å². The van der Waals surface area contributed by atoms with Crippen molar-refractivity contribution in [3.63, 3.8) is 0 Å². The zero-order valence-corrected chi connectivity index (χ0v) is 18.6. The topological polar surface area (TPSA) is 89.6 Å². The normalized spacial score (nSPS) is 14.3. The van der Waals surface area contributed by atoms with Gasteiger partial charge >= 0.3 is 11.9 Å². The van der Waals surface area contributed by atoms with E-state index in [0.717, 1.165) is 33.0 Å². The maximum absolute atomic E-state index is 13.5. The van der Waals surface area contributed by atoms with Gasteiger partial charge < -0.3 is 15.6 Å². The van der Waals surface area contributed by atoms with Gasteiger partial charge in [-0.3, -0.25) is 9.59 Å². The maximum atomic E-state index is 13.5. The van der Waals surface area contributed by atoms with Gasteiger partial charge in [-0.05, 0) is 38.6 Å². The fourth-order valence-corrected chi connectivity index (χ4v) is 5.07. The van der Waals surface area contributed by atoms with Gasteiger partial charge in [0.15, 0.2) is 0 Å². The highest BCUT2D eigenvalue weighted by Gasteiger charge is 2.34. The minimum Gasteiger partial charge on any atom is -0.481 e. The molecule has 0 fully saturated rings. The van der Waals surface area contributed by atoms with Crippen LogP contribution in [0.2, 0.25) is 0 Å². The Morgan fingerprint density at radius 1 is 0.824 bits per heavy atom. The Morgan fingerprint density at radius 3 is 2.09 bits per heavy atom. The van der Waals surface area contributed by atoms with Gasteiger partial charge in [0.05, 0.1) is 12.3 Å². The largest absolute Gasteiger partial charge is 0.481 e. The summed E-state index contributed by atoms with van der Waals surface area (Å²) in [6.07, 6.45) is -0.335. The fourth-order valence-electron chi connectivity index (χ4n) is 5.07. The number of carboxylic acids is 1. The minimum atomic E-state index is -1.05. The molecule has 1 aliphatic carbocycles. The first-order chi connectivity index (χ1) is 16.5. The third kappa shape index (κ3) is 3.95. The van der Waals surface area contributed by atoms with Crippen LogP contribution in [0.1, 0.15) is 34.9 Å². The highest BCUT2D eigenvalue weighted by molar-refractivity contribution is 5.92. The second-order valence-corrected chi connectivity index (χ2v) is 8.66. The van der Waals surface area contributed by atoms with Crippen LogP contribution in [0.5, 0.6) is 0 Å². The van der Waals surface area contributed by atoms with Crippen molar-refractivity contribution in [2.24, 2.45) is 5.73 Å². The van der Waals surface area contributed by atoms with Crippen LogP contribution in [0.25, 0.3) is 21.9 Å². The molecule has 1 aliphatic rings. The quantitative estimate of drug-likeness (QED) is 0.383. The van der Waals surface area contributed by atoms with Crippen LogP contribution in [-0.4, -0.2) is 29.7 Å². The van der Waals surface area contributed by atoms with E-state index in [0.29, 0.717) is 5.56 Å². The molecule has 0 aromatic heterocycles. The Kier molecular flexibility index (Phi) is 5.86. The summed E-state index contributed by atoms with van der Waals surface area (Å²) in [4.78, 5) is 24.9. The highest BCUT2D eigenvalue weighted by Crippen LogP contribution is 2.44. The van der Waals surface area contributed by atoms with Crippen LogP contribution in [0.3, 0.4) is 0 Å². The van der Waals surface area contributed by atoms with Crippen molar-refractivity contribution in [1.82, 2.24) is 0 Å². The first kappa shape index (κ1) is 21.9. The van der Waals surface area contributed by atoms with Crippen molar-refractivity contribution in [3.8, 4) is 11.1 Å². The number of carbonyl (C=O) groups is 2. The lowest BCUT2D eigenvalue weighted by Gasteiger charge is -2.24. The molecule has 3 N–H and O–H groups in total. The van der Waals surface area contributed by atoms with E-state index >= 15 is 0 Å². The Morgan fingerprint density at radius 2 is 1.41 bits per heavy atom. The van der Waals surface area contributed by atoms with E-state index in [9.17, 15) is 14.7 Å². The lowest BCUT2D eigenvalue weighted by molar-refractivity contribution is -0.146. The van der Waals surface area contributed by atoms with E-state index in [4.69, 9.17) is 10.5 Å². The highest BCUT2D eigenvalue weighted by atomic mass is 16.5. The molecule has 4 aromatic rings. The van der Waals surface area contributed by atoms with Crippen LogP contribution < -0.4 is 5.73 Å². The van der Waals surface area contributed by atoms with Gasteiger partial charge in [0.1, 0.15) is 6.61 Å². The van der Waals surface area contributed by atoms with Gasteiger partial charge in [0.2, 0.25) is 0 Å². The van der Waals surface area contributed by atoms with Crippen LogP contribution in [-0.2, 0) is 14.3 Å². The Labute approximate surface area is 197 Å². The molecule has 0 radical (unpaired) electrons. The molecule has 5 heteroatoms. The van der Waals surface area contributed by atoms with E-state index in [1.165, 1.54) is 0 Å². The summed E-state index contributed by atoms with van der Waals surface area (Å²) in [6.45, 7) is 0.161. The number of hydrogen-bond acceptors (Lipinski definition) is 4. The molecule has 0 amide bonds. The predicted octanol–water partition coefficient (Wildman–Crippen LogP) is 5.08. The zero-order valence-electron chi connectivity index (χ0n) is 18.6. The molecule has 0 bridgehead atoms. The third-order valence-corrected chi connectivity index (χ3v) is 6.61. The summed E-state index contributed by atoms with van der Waals surface area (Å²) in [7, 11) is 0. The molecular weight excluding hydrogens is 426 g/mol. The number of nitrogens with two attached hydrogens (primary N) is 1. The fraction of sp³-hybridized carbons (Fsp3) is 0.172. The minimum absolute atomic E-state index is 0.0831. The number of fused-ring (bicyclic) bond motifs is 4. The van der Waals surface area contributed by atoms with Gasteiger partial charge in [0.25, 0.3) is 0 Å². The number of carboxylic acid groups (broad SMARTS) is 1. The summed E-state index contributed by atoms with van der Waals surface area (Å²) in [5, 5.41) is 11.2. The molecule has 0 saturated carbocycles. The van der Waals surface area contributed by atoms with Crippen molar-refractivity contribution in [2.45, 2.75) is 24.3 Å². The van der Waals surface area contributed by atoms with Crippen molar-refractivity contribution in [1.29, 1.82) is 0 Å². The molecular formula is C29H25NO4. The van der Waals surface area contributed by atoms with Crippen LogP contribution in [0, 0.1) is 0 Å². The van der Waals surface area contributed by atoms with Gasteiger partial charge in [-0.15, -0.1) is 0 Å². The number of aliphatic carboxylic acids is 1. The number of carbonyl (C=O) groups excluding carboxylic acids is 1. The summed E-state index contributed by atoms with van der Waals surface area (Å²) >= 11 is 0. The molecule has 0 unspecified atom stereocenters. The number of hydrogen-bond donors (Lipinski definition) is 2. The van der Waals surface area contributed by atoms with Crippen LogP contribution in [0.15, 0.2) is 91.0 Å². The van der Waals surface area contributed by atoms with E-state index in [1.54, 1.807) is 0 Å². The Hall–Kier alpha value is -3.96. The molecule has 0 spiro atoms. The maximum Gasteiger partial charge on any atom is 0.315 e. The second-order valence-electron chi connectivity index (χ2n) is 8.66. The molecule has 5 rings (SSSR count). The lowest BCUT2D eigenvalue weighted by Crippen LogP contribution is -2.37. The van der Waals surface area contributed by atoms with E-state index in [1.807, 2.05) is 66.7 Å². The molecule has 0 saturated heterocycles. The average molecular weight is 452 g/mol. The van der Waals surface area contributed by atoms with Gasteiger partial charge in [-0.25, -0.2) is 0 Å². The third-order valence-electron chi connectivity index (χ3n) is 6.61. The molecule has 0 heterocycles. The smallest absolute Gasteiger partial charge is 0.315 e. The molecule has 4 aromatic carbocycles. The molecule has 170 valence electrons. The SMILES string of the molecule is N[C@@H](CC(=O)O)[C@@H](C(=O)OCC1c2ccccc2-c2ccccc21)c1cccc2ccccc12. The average Bonchev–Trinajstić information content (AvgIpc) is 3.16. The number of benzene rings is 4. The summed E-state index contributed by atoms with van der Waals surface area (Å²) in [6, 6.07) is 28.7. The van der Waals surface area contributed by atoms with Crippen molar-refractivity contribution < 1.29 is 19.4 Å². The zero-order chi connectivity index (χ0) is 23.7. The van der Waals surface area contributed by atoms with Crippen LogP contribution in [0.4, 0.5) is 0 Å². The second kappa shape index (κ2) is 9.12. The first-order valence-electron chi connectivity index (χ1n) is 11.3. The monoisotopic (exact) mass is 451 g/mol. The standard InChI is InChI=1S/C29H25NO4/c30-26(16-27(31)32)28(24-15-7-9-18-8-1-2-10-19(18)24)29(33)34-17-25-22-13-5-3-11-20(22)21-12-4-6-14-23(21)25/h1-15,25-26,28H,16-17,30H2,(H,31,32)/t26-,28-/m0/s1. The predicted molar refractivity (Wildman–Crippen MR) is 132 cm³/mol. The van der Waals surface area contributed by atoms with E-state index in [2.05, 4.69) is 24.3 Å². The van der Waals surface area contributed by atoms with Crippen molar-refractivity contribution in [3.05, 3.63) is 108 Å². The first-order valence-corrected chi connectivity index (χ1v) is 11.3. The van der Waals surface area contributed by atoms with E-state index in [-0.39, 0.29) is 18.9 Å². The summed E-state index contributed by atoms with van der Waals surface area (Å²) in [5.74, 6) is -2.54. The molecule has 2 atom stereocenters. The Bertz CT molecular complexity index is 1330. The van der Waals surface area contributed by atoms with Crippen molar-refractivity contribution in [2.75, 3.05) is 6.61 Å². The lowest BCUT2D eigenvalue weighted by atomic mass is 9.86. The number of esters is 1. The van der Waals surface area contributed by atoms with Crippen LogP contribution >= 0.6 is 0 Å². The Balaban J connectivity index is 1.47. The molecule has 0 aliphatic heterocycles. The summed E-state index contributed by atoms with van der Waals surface area (Å²) in [5.41, 5.74) is 11.5. The summed E-state index contributed by atoms with van der Waals surface area (Å²) < 4.78 is 5.90.